The fourth-order valence-corrected chi connectivity index (χ4v) is 2.97. The predicted octanol–water partition coefficient (Wildman–Crippen LogP) is 2.11. The van der Waals surface area contributed by atoms with Crippen LogP contribution in [0.25, 0.3) is 0 Å². The summed E-state index contributed by atoms with van der Waals surface area (Å²) in [6.07, 6.45) is 7.17. The van der Waals surface area contributed by atoms with Crippen LogP contribution in [0, 0.1) is 11.8 Å². The molecule has 1 atom stereocenters. The van der Waals surface area contributed by atoms with Gasteiger partial charge in [-0.3, -0.25) is 0 Å². The first-order chi connectivity index (χ1) is 7.24. The lowest BCUT2D eigenvalue weighted by atomic mass is 9.83. The zero-order chi connectivity index (χ0) is 10.7. The van der Waals surface area contributed by atoms with Crippen molar-refractivity contribution in [2.75, 3.05) is 26.7 Å². The van der Waals surface area contributed by atoms with Crippen molar-refractivity contribution in [2.45, 2.75) is 45.1 Å². The molecule has 2 nitrogen and oxygen atoms in total. The molecule has 88 valence electrons. The Bertz CT molecular complexity index is 185. The molecule has 0 radical (unpaired) electrons. The van der Waals surface area contributed by atoms with Crippen LogP contribution < -0.4 is 5.32 Å². The van der Waals surface area contributed by atoms with Gasteiger partial charge >= 0.3 is 0 Å². The minimum absolute atomic E-state index is 0.773. The van der Waals surface area contributed by atoms with Gasteiger partial charge in [0.1, 0.15) is 0 Å². The first-order valence-electron chi connectivity index (χ1n) is 6.66. The van der Waals surface area contributed by atoms with Crippen molar-refractivity contribution in [3.05, 3.63) is 0 Å². The Morgan fingerprint density at radius 2 is 1.87 bits per heavy atom. The number of nitrogens with zero attached hydrogens (tertiary/aromatic N) is 1. The Hall–Kier alpha value is -0.0800. The molecule has 0 amide bonds. The maximum absolute atomic E-state index is 3.75. The van der Waals surface area contributed by atoms with Gasteiger partial charge in [-0.2, -0.15) is 0 Å². The Morgan fingerprint density at radius 3 is 2.47 bits per heavy atom. The quantitative estimate of drug-likeness (QED) is 0.767. The van der Waals surface area contributed by atoms with Crippen molar-refractivity contribution in [3.8, 4) is 0 Å². The van der Waals surface area contributed by atoms with E-state index in [1.807, 2.05) is 0 Å². The summed E-state index contributed by atoms with van der Waals surface area (Å²) >= 11 is 0. The number of likely N-dealkylation sites (tertiary alicyclic amines) is 1. The van der Waals surface area contributed by atoms with Crippen LogP contribution in [0.5, 0.6) is 0 Å². The average Bonchev–Trinajstić information content (AvgIpc) is 2.64. The van der Waals surface area contributed by atoms with Gasteiger partial charge in [0.15, 0.2) is 0 Å². The summed E-state index contributed by atoms with van der Waals surface area (Å²) in [5, 5.41) is 3.75. The topological polar surface area (TPSA) is 15.3 Å². The Morgan fingerprint density at radius 1 is 1.13 bits per heavy atom. The van der Waals surface area contributed by atoms with Gasteiger partial charge in [-0.25, -0.2) is 0 Å². The largest absolute Gasteiger partial charge is 0.312 e. The van der Waals surface area contributed by atoms with E-state index >= 15 is 0 Å². The number of likely N-dealkylation sites (N-methyl/N-ethyl adjacent to an activating group) is 1. The predicted molar refractivity (Wildman–Crippen MR) is 65.0 cm³/mol. The maximum atomic E-state index is 3.75. The Labute approximate surface area is 94.4 Å². The second-order valence-electron chi connectivity index (χ2n) is 5.78. The smallest absolute Gasteiger partial charge is 0.0207 e. The monoisotopic (exact) mass is 210 g/mol. The van der Waals surface area contributed by atoms with Crippen LogP contribution in [0.15, 0.2) is 0 Å². The van der Waals surface area contributed by atoms with Crippen molar-refractivity contribution in [1.29, 1.82) is 0 Å². The van der Waals surface area contributed by atoms with Crippen molar-refractivity contribution in [1.82, 2.24) is 10.2 Å². The van der Waals surface area contributed by atoms with Crippen LogP contribution >= 0.6 is 0 Å². The molecule has 0 aromatic carbocycles. The molecular formula is C13H26N2. The fraction of sp³-hybridized carbons (Fsp3) is 1.00. The highest BCUT2D eigenvalue weighted by Crippen LogP contribution is 2.27. The number of hydrogen-bond donors (Lipinski definition) is 1. The number of hydrogen-bond acceptors (Lipinski definition) is 2. The SMILES string of the molecule is CC1CCC(CNC2CCN(C)C2)CC1. The summed E-state index contributed by atoms with van der Waals surface area (Å²) in [4.78, 5) is 2.43. The highest BCUT2D eigenvalue weighted by molar-refractivity contribution is 4.80. The van der Waals surface area contributed by atoms with E-state index in [-0.39, 0.29) is 0 Å². The van der Waals surface area contributed by atoms with Gasteiger partial charge in [0, 0.05) is 12.6 Å². The summed E-state index contributed by atoms with van der Waals surface area (Å²) in [5.41, 5.74) is 0. The molecule has 1 saturated heterocycles. The molecule has 0 aromatic heterocycles. The second-order valence-corrected chi connectivity index (χ2v) is 5.78. The van der Waals surface area contributed by atoms with Crippen LogP contribution in [-0.4, -0.2) is 37.6 Å². The van der Waals surface area contributed by atoms with Crippen LogP contribution in [0.1, 0.15) is 39.0 Å². The molecule has 1 aliphatic carbocycles. The van der Waals surface area contributed by atoms with Gasteiger partial charge < -0.3 is 10.2 Å². The van der Waals surface area contributed by atoms with Crippen LogP contribution in [0.3, 0.4) is 0 Å². The summed E-state index contributed by atoms with van der Waals surface area (Å²) in [7, 11) is 2.23. The fourth-order valence-electron chi connectivity index (χ4n) is 2.97. The van der Waals surface area contributed by atoms with E-state index in [0.717, 1.165) is 17.9 Å². The molecule has 1 heterocycles. The zero-order valence-electron chi connectivity index (χ0n) is 10.3. The minimum atomic E-state index is 0.773. The molecule has 1 unspecified atom stereocenters. The third-order valence-corrected chi connectivity index (χ3v) is 4.22. The molecule has 0 aromatic rings. The lowest BCUT2D eigenvalue weighted by molar-refractivity contribution is 0.273. The lowest BCUT2D eigenvalue weighted by Gasteiger charge is -2.27. The molecule has 2 heteroatoms. The molecule has 1 aliphatic heterocycles. The van der Waals surface area contributed by atoms with Gasteiger partial charge in [-0.05, 0) is 51.2 Å². The first-order valence-corrected chi connectivity index (χ1v) is 6.66. The van der Waals surface area contributed by atoms with E-state index in [0.29, 0.717) is 0 Å². The molecular weight excluding hydrogens is 184 g/mol. The molecule has 15 heavy (non-hydrogen) atoms. The van der Waals surface area contributed by atoms with Crippen LogP contribution in [-0.2, 0) is 0 Å². The maximum Gasteiger partial charge on any atom is 0.0207 e. The Kier molecular flexibility index (Phi) is 4.04. The van der Waals surface area contributed by atoms with Crippen LogP contribution in [0.4, 0.5) is 0 Å². The van der Waals surface area contributed by atoms with E-state index in [2.05, 4.69) is 24.2 Å². The van der Waals surface area contributed by atoms with E-state index < -0.39 is 0 Å². The van der Waals surface area contributed by atoms with Crippen LogP contribution in [0.2, 0.25) is 0 Å². The third-order valence-electron chi connectivity index (χ3n) is 4.22. The number of nitrogens with one attached hydrogen (secondary N) is 1. The van der Waals surface area contributed by atoms with Crippen molar-refractivity contribution in [3.63, 3.8) is 0 Å². The Balaban J connectivity index is 1.61. The van der Waals surface area contributed by atoms with Gasteiger partial charge in [0.05, 0.1) is 0 Å². The van der Waals surface area contributed by atoms with E-state index in [1.165, 1.54) is 51.7 Å². The molecule has 1 N–H and O–H groups in total. The highest BCUT2D eigenvalue weighted by atomic mass is 15.2. The third kappa shape index (κ3) is 3.46. The standard InChI is InChI=1S/C13H26N2/c1-11-3-5-12(6-4-11)9-14-13-7-8-15(2)10-13/h11-14H,3-10H2,1-2H3. The van der Waals surface area contributed by atoms with Gasteiger partial charge in [-0.15, -0.1) is 0 Å². The molecule has 1 saturated carbocycles. The lowest BCUT2D eigenvalue weighted by Crippen LogP contribution is -2.36. The van der Waals surface area contributed by atoms with Gasteiger partial charge in [0.25, 0.3) is 0 Å². The van der Waals surface area contributed by atoms with E-state index in [4.69, 9.17) is 0 Å². The molecule has 0 spiro atoms. The molecule has 2 rings (SSSR count). The summed E-state index contributed by atoms with van der Waals surface area (Å²) in [5.74, 6) is 1.95. The van der Waals surface area contributed by atoms with Crippen molar-refractivity contribution >= 4 is 0 Å². The van der Waals surface area contributed by atoms with Gasteiger partial charge in [0.2, 0.25) is 0 Å². The number of rotatable bonds is 3. The molecule has 2 aliphatic rings. The van der Waals surface area contributed by atoms with E-state index in [9.17, 15) is 0 Å². The summed E-state index contributed by atoms with van der Waals surface area (Å²) in [6, 6.07) is 0.773. The summed E-state index contributed by atoms with van der Waals surface area (Å²) in [6.45, 7) is 6.20. The minimum Gasteiger partial charge on any atom is -0.312 e. The van der Waals surface area contributed by atoms with Gasteiger partial charge in [-0.1, -0.05) is 19.8 Å². The van der Waals surface area contributed by atoms with E-state index in [1.54, 1.807) is 0 Å². The molecule has 2 fully saturated rings. The second kappa shape index (κ2) is 5.31. The highest BCUT2D eigenvalue weighted by Gasteiger charge is 2.22. The van der Waals surface area contributed by atoms with Crippen molar-refractivity contribution in [2.24, 2.45) is 11.8 Å². The summed E-state index contributed by atoms with van der Waals surface area (Å²) < 4.78 is 0. The van der Waals surface area contributed by atoms with Crippen molar-refractivity contribution < 1.29 is 0 Å². The normalized spacial score (nSPS) is 38.4. The average molecular weight is 210 g/mol. The zero-order valence-corrected chi connectivity index (χ0v) is 10.3. The first kappa shape index (κ1) is 11.4. The molecule has 0 bridgehead atoms.